The number of carbonyl (C=O) groups excluding carboxylic acids is 2. The lowest BCUT2D eigenvalue weighted by atomic mass is 10.1. The van der Waals surface area contributed by atoms with Gasteiger partial charge in [0.25, 0.3) is 11.8 Å². The Morgan fingerprint density at radius 1 is 1.00 bits per heavy atom. The molecule has 0 saturated carbocycles. The minimum absolute atomic E-state index is 0.127. The Morgan fingerprint density at radius 3 is 2.55 bits per heavy atom. The number of H-pyrrole nitrogens is 1. The molecule has 1 aliphatic rings. The molecule has 0 unspecified atom stereocenters. The average molecular weight is 523 g/mol. The summed E-state index contributed by atoms with van der Waals surface area (Å²) in [7, 11) is 0. The van der Waals surface area contributed by atoms with Crippen LogP contribution in [-0.4, -0.2) is 48.0 Å². The molecule has 4 N–H and O–H groups in total. The van der Waals surface area contributed by atoms with Gasteiger partial charge in [-0.15, -0.1) is 0 Å². The van der Waals surface area contributed by atoms with Gasteiger partial charge in [-0.3, -0.25) is 9.59 Å². The van der Waals surface area contributed by atoms with Crippen molar-refractivity contribution in [1.29, 1.82) is 0 Å². The average Bonchev–Trinajstić information content (AvgIpc) is 3.39. The fraction of sp³-hybridized carbons (Fsp3) is 0.222. The summed E-state index contributed by atoms with van der Waals surface area (Å²) in [5.41, 5.74) is 2.39. The molecule has 5 rings (SSSR count). The molecule has 196 valence electrons. The molecule has 8 nitrogen and oxygen atoms in total. The molecule has 4 aromatic rings. The summed E-state index contributed by atoms with van der Waals surface area (Å²) < 4.78 is 39.1. The van der Waals surface area contributed by atoms with Crippen LogP contribution in [0.3, 0.4) is 0 Å². The Morgan fingerprint density at radius 2 is 1.79 bits per heavy atom. The van der Waals surface area contributed by atoms with Crippen LogP contribution in [0.25, 0.3) is 11.0 Å². The van der Waals surface area contributed by atoms with Crippen LogP contribution >= 0.6 is 0 Å². The van der Waals surface area contributed by atoms with E-state index in [-0.39, 0.29) is 11.5 Å². The molecule has 11 heteroatoms. The van der Waals surface area contributed by atoms with Gasteiger partial charge in [0.2, 0.25) is 0 Å². The first-order valence-electron chi connectivity index (χ1n) is 12.0. The predicted molar refractivity (Wildman–Crippen MR) is 140 cm³/mol. The van der Waals surface area contributed by atoms with E-state index in [1.165, 1.54) is 12.1 Å². The molecule has 2 aromatic heterocycles. The van der Waals surface area contributed by atoms with Crippen molar-refractivity contribution >= 4 is 39.9 Å². The summed E-state index contributed by atoms with van der Waals surface area (Å²) in [6.07, 6.45) is -1.23. The monoisotopic (exact) mass is 522 g/mol. The van der Waals surface area contributed by atoms with Gasteiger partial charge in [0, 0.05) is 60.9 Å². The maximum atomic E-state index is 13.5. The van der Waals surface area contributed by atoms with Crippen molar-refractivity contribution in [3.8, 4) is 0 Å². The van der Waals surface area contributed by atoms with E-state index in [0.29, 0.717) is 22.6 Å². The zero-order valence-electron chi connectivity index (χ0n) is 20.4. The van der Waals surface area contributed by atoms with Crippen molar-refractivity contribution in [2.45, 2.75) is 13.1 Å². The molecule has 1 saturated heterocycles. The number of nitrogens with zero attached hydrogens (tertiary/aromatic N) is 2. The Labute approximate surface area is 216 Å². The molecule has 0 aliphatic carbocycles. The lowest BCUT2D eigenvalue weighted by Gasteiger charge is -2.31. The normalized spacial score (nSPS) is 13.9. The molecular formula is C27H25F3N6O2. The number of alkyl halides is 3. The number of hydrogen-bond donors (Lipinski definition) is 4. The van der Waals surface area contributed by atoms with Crippen LogP contribution in [0.2, 0.25) is 0 Å². The van der Waals surface area contributed by atoms with Gasteiger partial charge in [0.05, 0.1) is 16.8 Å². The lowest BCUT2D eigenvalue weighted by molar-refractivity contribution is -0.137. The van der Waals surface area contributed by atoms with E-state index in [1.54, 1.807) is 37.5 Å². The number of fused-ring (bicyclic) bond motifs is 1. The highest BCUT2D eigenvalue weighted by Gasteiger charge is 2.31. The van der Waals surface area contributed by atoms with Crippen LogP contribution in [-0.2, 0) is 6.18 Å². The number of benzene rings is 2. The lowest BCUT2D eigenvalue weighted by Crippen LogP contribution is -2.44. The number of aryl methyl sites for hydroxylation is 1. The fourth-order valence-electron chi connectivity index (χ4n) is 4.45. The molecule has 38 heavy (non-hydrogen) atoms. The number of halogens is 3. The standard InChI is InChI=1S/C27H25F3N6O2/c1-16-5-6-19(34-25(37)17-3-2-4-18(13-17)27(28,29)30)14-22(16)35-26(38)21-15-33-24-20(7-8-32-24)23(21)36-11-9-31-10-12-36/h2-8,13-15,31H,9-12H2,1H3,(H,32,33)(H,34,37)(H,35,38). The van der Waals surface area contributed by atoms with Crippen LogP contribution in [0.1, 0.15) is 31.8 Å². The molecule has 0 radical (unpaired) electrons. The van der Waals surface area contributed by atoms with Crippen LogP contribution in [0.4, 0.5) is 30.2 Å². The first kappa shape index (κ1) is 25.3. The number of nitrogens with one attached hydrogen (secondary N) is 4. The second kappa shape index (κ2) is 10.2. The van der Waals surface area contributed by atoms with Gasteiger partial charge in [-0.25, -0.2) is 4.98 Å². The summed E-state index contributed by atoms with van der Waals surface area (Å²) in [6.45, 7) is 4.87. The van der Waals surface area contributed by atoms with Crippen molar-refractivity contribution in [1.82, 2.24) is 15.3 Å². The van der Waals surface area contributed by atoms with E-state index < -0.39 is 17.6 Å². The topological polar surface area (TPSA) is 102 Å². The third-order valence-corrected chi connectivity index (χ3v) is 6.43. The fourth-order valence-corrected chi connectivity index (χ4v) is 4.45. The van der Waals surface area contributed by atoms with Crippen molar-refractivity contribution in [2.75, 3.05) is 41.7 Å². The van der Waals surface area contributed by atoms with Crippen molar-refractivity contribution in [3.05, 3.63) is 83.2 Å². The smallest absolute Gasteiger partial charge is 0.368 e. The van der Waals surface area contributed by atoms with Gasteiger partial charge >= 0.3 is 6.18 Å². The Kier molecular flexibility index (Phi) is 6.77. The summed E-state index contributed by atoms with van der Waals surface area (Å²) in [5.74, 6) is -1.06. The maximum Gasteiger partial charge on any atom is 0.416 e. The Balaban J connectivity index is 1.39. The third kappa shape index (κ3) is 5.18. The number of hydrogen-bond acceptors (Lipinski definition) is 5. The van der Waals surface area contributed by atoms with Gasteiger partial charge < -0.3 is 25.8 Å². The zero-order chi connectivity index (χ0) is 26.9. The molecule has 1 fully saturated rings. The van der Waals surface area contributed by atoms with Crippen LogP contribution in [0, 0.1) is 6.92 Å². The van der Waals surface area contributed by atoms with Gasteiger partial charge in [0.15, 0.2) is 0 Å². The van der Waals surface area contributed by atoms with Gasteiger partial charge in [0.1, 0.15) is 5.65 Å². The Bertz CT molecular complexity index is 1510. The number of carbonyl (C=O) groups is 2. The van der Waals surface area contributed by atoms with Crippen LogP contribution in [0.15, 0.2) is 60.9 Å². The number of aromatic nitrogens is 2. The number of piperazine rings is 1. The number of pyridine rings is 1. The van der Waals surface area contributed by atoms with E-state index in [0.717, 1.165) is 54.9 Å². The molecule has 0 atom stereocenters. The molecular weight excluding hydrogens is 497 g/mol. The molecule has 0 bridgehead atoms. The van der Waals surface area contributed by atoms with E-state index in [1.807, 2.05) is 6.07 Å². The summed E-state index contributed by atoms with van der Waals surface area (Å²) in [5, 5.41) is 9.68. The third-order valence-electron chi connectivity index (χ3n) is 6.43. The van der Waals surface area contributed by atoms with E-state index in [4.69, 9.17) is 0 Å². The first-order valence-corrected chi connectivity index (χ1v) is 12.0. The number of amides is 2. The summed E-state index contributed by atoms with van der Waals surface area (Å²) in [6, 6.07) is 11.0. The van der Waals surface area contributed by atoms with Gasteiger partial charge in [-0.05, 0) is 48.9 Å². The van der Waals surface area contributed by atoms with E-state index in [2.05, 4.69) is 30.8 Å². The van der Waals surface area contributed by atoms with Gasteiger partial charge in [-0.1, -0.05) is 12.1 Å². The first-order chi connectivity index (χ1) is 18.2. The van der Waals surface area contributed by atoms with Crippen LogP contribution in [0.5, 0.6) is 0 Å². The van der Waals surface area contributed by atoms with Gasteiger partial charge in [-0.2, -0.15) is 13.2 Å². The molecule has 3 heterocycles. The predicted octanol–water partition coefficient (Wildman–Crippen LogP) is 4.80. The highest BCUT2D eigenvalue weighted by Crippen LogP contribution is 2.32. The largest absolute Gasteiger partial charge is 0.416 e. The SMILES string of the molecule is Cc1ccc(NC(=O)c2cccc(C(F)(F)F)c2)cc1NC(=O)c1cnc2[nH]ccc2c1N1CCNCC1. The van der Waals surface area contributed by atoms with E-state index in [9.17, 15) is 22.8 Å². The minimum Gasteiger partial charge on any atom is -0.368 e. The molecule has 1 aliphatic heterocycles. The number of aromatic amines is 1. The van der Waals surface area contributed by atoms with Crippen LogP contribution < -0.4 is 20.9 Å². The molecule has 2 amide bonds. The Hall–Kier alpha value is -4.38. The van der Waals surface area contributed by atoms with Crippen molar-refractivity contribution in [2.24, 2.45) is 0 Å². The quantitative estimate of drug-likeness (QED) is 0.302. The summed E-state index contributed by atoms with van der Waals surface area (Å²) >= 11 is 0. The zero-order valence-corrected chi connectivity index (χ0v) is 20.4. The summed E-state index contributed by atoms with van der Waals surface area (Å²) in [4.78, 5) is 35.8. The highest BCUT2D eigenvalue weighted by molar-refractivity contribution is 6.13. The second-order valence-corrected chi connectivity index (χ2v) is 9.01. The van der Waals surface area contributed by atoms with Crippen molar-refractivity contribution < 1.29 is 22.8 Å². The highest BCUT2D eigenvalue weighted by atomic mass is 19.4. The molecule has 0 spiro atoms. The molecule has 2 aromatic carbocycles. The number of anilines is 3. The maximum absolute atomic E-state index is 13.5. The minimum atomic E-state index is -4.56. The van der Waals surface area contributed by atoms with Crippen molar-refractivity contribution in [3.63, 3.8) is 0 Å². The number of rotatable bonds is 5. The second-order valence-electron chi connectivity index (χ2n) is 9.01. The van der Waals surface area contributed by atoms with E-state index >= 15 is 0 Å².